The van der Waals surface area contributed by atoms with E-state index in [4.69, 9.17) is 13.6 Å². The fraction of sp³-hybridized carbons (Fsp3) is 0.0556. The number of carbonyl (C=O) groups is 1. The maximum Gasteiger partial charge on any atom is 0.331 e. The van der Waals surface area contributed by atoms with E-state index in [1.54, 1.807) is 6.07 Å². The van der Waals surface area contributed by atoms with Crippen LogP contribution in [0, 0.1) is 0 Å². The summed E-state index contributed by atoms with van der Waals surface area (Å²) in [4.78, 5) is 20.2. The average Bonchev–Trinajstić information content (AvgIpc) is 3.21. The average molecular weight is 320 g/mol. The molecule has 6 nitrogen and oxygen atoms in total. The number of nitrogens with zero attached hydrogens (tertiary/aromatic N) is 2. The van der Waals surface area contributed by atoms with E-state index in [1.165, 1.54) is 12.2 Å². The lowest BCUT2D eigenvalue weighted by atomic mass is 10.3. The maximum absolute atomic E-state index is 11.8. The molecule has 4 aromatic rings. The van der Waals surface area contributed by atoms with E-state index < -0.39 is 5.97 Å². The largest absolute Gasteiger partial charge is 0.453 e. The number of benzene rings is 2. The highest BCUT2D eigenvalue weighted by Crippen LogP contribution is 2.16. The zero-order chi connectivity index (χ0) is 16.4. The van der Waals surface area contributed by atoms with Crippen LogP contribution in [-0.2, 0) is 16.1 Å². The minimum Gasteiger partial charge on any atom is -0.453 e. The van der Waals surface area contributed by atoms with Gasteiger partial charge in [-0.25, -0.2) is 14.8 Å². The lowest BCUT2D eigenvalue weighted by Gasteiger charge is -1.96. The summed E-state index contributed by atoms with van der Waals surface area (Å²) in [7, 11) is 0. The van der Waals surface area contributed by atoms with E-state index in [9.17, 15) is 4.79 Å². The Hall–Kier alpha value is -3.41. The second kappa shape index (κ2) is 6.00. The smallest absolute Gasteiger partial charge is 0.331 e. The van der Waals surface area contributed by atoms with Crippen LogP contribution < -0.4 is 0 Å². The minimum atomic E-state index is -0.528. The summed E-state index contributed by atoms with van der Waals surface area (Å²) in [6, 6.07) is 14.7. The Bertz CT molecular complexity index is 979. The Morgan fingerprint density at radius 2 is 1.62 bits per heavy atom. The molecule has 0 atom stereocenters. The van der Waals surface area contributed by atoms with Gasteiger partial charge < -0.3 is 13.6 Å². The molecule has 0 N–H and O–H groups in total. The van der Waals surface area contributed by atoms with Crippen molar-refractivity contribution in [2.45, 2.75) is 6.61 Å². The van der Waals surface area contributed by atoms with Crippen molar-refractivity contribution in [3.8, 4) is 0 Å². The Morgan fingerprint density at radius 1 is 0.958 bits per heavy atom. The number of oxazole rings is 2. The van der Waals surface area contributed by atoms with Crippen LogP contribution in [0.2, 0.25) is 0 Å². The molecule has 6 heteroatoms. The van der Waals surface area contributed by atoms with Gasteiger partial charge in [0.15, 0.2) is 17.8 Å². The lowest BCUT2D eigenvalue weighted by Crippen LogP contribution is -2.00. The van der Waals surface area contributed by atoms with Gasteiger partial charge in [-0.1, -0.05) is 24.3 Å². The molecule has 4 rings (SSSR count). The fourth-order valence-corrected chi connectivity index (χ4v) is 2.26. The number of esters is 1. The van der Waals surface area contributed by atoms with Crippen LogP contribution in [0.5, 0.6) is 0 Å². The molecule has 0 spiro atoms. The Kier molecular flexibility index (Phi) is 3.55. The standard InChI is InChI=1S/C18H12N2O4/c21-18(10-9-16-19-12-5-1-3-7-14(12)23-16)22-11-17-20-13-6-2-4-8-15(13)24-17/h1-10H,11H2/b10-9+. The van der Waals surface area contributed by atoms with Gasteiger partial charge in [0.25, 0.3) is 0 Å². The van der Waals surface area contributed by atoms with Crippen LogP contribution in [0.3, 0.4) is 0 Å². The van der Waals surface area contributed by atoms with Gasteiger partial charge >= 0.3 is 5.97 Å². The second-order valence-corrected chi connectivity index (χ2v) is 5.04. The molecule has 2 heterocycles. The van der Waals surface area contributed by atoms with E-state index in [0.717, 1.165) is 11.0 Å². The van der Waals surface area contributed by atoms with Crippen molar-refractivity contribution in [1.82, 2.24) is 9.97 Å². The minimum absolute atomic E-state index is 0.0363. The fourth-order valence-electron chi connectivity index (χ4n) is 2.26. The van der Waals surface area contributed by atoms with Crippen LogP contribution >= 0.6 is 0 Å². The van der Waals surface area contributed by atoms with E-state index in [2.05, 4.69) is 9.97 Å². The highest BCUT2D eigenvalue weighted by molar-refractivity contribution is 5.87. The molecule has 2 aromatic carbocycles. The predicted octanol–water partition coefficient (Wildman–Crippen LogP) is 3.73. The SMILES string of the molecule is O=C(/C=C/c1nc2ccccc2o1)OCc1nc2ccccc2o1. The van der Waals surface area contributed by atoms with Gasteiger partial charge in [0, 0.05) is 12.2 Å². The number of hydrogen-bond donors (Lipinski definition) is 0. The molecule has 0 unspecified atom stereocenters. The van der Waals surface area contributed by atoms with Crippen LogP contribution in [0.25, 0.3) is 28.3 Å². The summed E-state index contributed by atoms with van der Waals surface area (Å²) in [6.07, 6.45) is 2.72. The Labute approximate surface area is 136 Å². The number of aromatic nitrogens is 2. The van der Waals surface area contributed by atoms with Crippen molar-refractivity contribution in [1.29, 1.82) is 0 Å². The summed E-state index contributed by atoms with van der Waals surface area (Å²) in [5.41, 5.74) is 2.78. The normalized spacial score (nSPS) is 11.5. The van der Waals surface area contributed by atoms with E-state index in [1.807, 2.05) is 42.5 Å². The zero-order valence-corrected chi connectivity index (χ0v) is 12.5. The van der Waals surface area contributed by atoms with Crippen LogP contribution in [0.1, 0.15) is 11.8 Å². The molecule has 0 saturated carbocycles. The Balaban J connectivity index is 1.40. The molecular formula is C18H12N2O4. The number of carbonyl (C=O) groups excluding carboxylic acids is 1. The van der Waals surface area contributed by atoms with Crippen molar-refractivity contribution in [2.24, 2.45) is 0 Å². The molecule has 0 aliphatic heterocycles. The maximum atomic E-state index is 11.8. The molecule has 0 bridgehead atoms. The van der Waals surface area contributed by atoms with Crippen LogP contribution in [0.4, 0.5) is 0 Å². The topological polar surface area (TPSA) is 78.4 Å². The predicted molar refractivity (Wildman–Crippen MR) is 86.8 cm³/mol. The number of ether oxygens (including phenoxy) is 1. The van der Waals surface area contributed by atoms with Gasteiger partial charge in [0.1, 0.15) is 11.0 Å². The third-order valence-corrected chi connectivity index (χ3v) is 3.35. The van der Waals surface area contributed by atoms with Crippen molar-refractivity contribution in [3.63, 3.8) is 0 Å². The molecule has 0 fully saturated rings. The first-order valence-corrected chi connectivity index (χ1v) is 7.33. The third kappa shape index (κ3) is 2.89. The second-order valence-electron chi connectivity index (χ2n) is 5.04. The lowest BCUT2D eigenvalue weighted by molar-refractivity contribution is -0.139. The summed E-state index contributed by atoms with van der Waals surface area (Å²) in [5, 5.41) is 0. The Morgan fingerprint density at radius 3 is 2.33 bits per heavy atom. The first kappa shape index (κ1) is 14.2. The molecule has 0 radical (unpaired) electrons. The van der Waals surface area contributed by atoms with E-state index in [0.29, 0.717) is 22.9 Å². The number of hydrogen-bond acceptors (Lipinski definition) is 6. The van der Waals surface area contributed by atoms with Crippen molar-refractivity contribution < 1.29 is 18.4 Å². The molecule has 24 heavy (non-hydrogen) atoms. The quantitative estimate of drug-likeness (QED) is 0.421. The summed E-state index contributed by atoms with van der Waals surface area (Å²) < 4.78 is 16.1. The molecule has 0 aliphatic carbocycles. The number of fused-ring (bicyclic) bond motifs is 2. The van der Waals surface area contributed by atoms with Gasteiger partial charge in [-0.05, 0) is 24.3 Å². The highest BCUT2D eigenvalue weighted by Gasteiger charge is 2.07. The van der Waals surface area contributed by atoms with Gasteiger partial charge in [0.2, 0.25) is 11.8 Å². The van der Waals surface area contributed by atoms with Gasteiger partial charge in [-0.3, -0.25) is 0 Å². The van der Waals surface area contributed by atoms with Crippen molar-refractivity contribution in [2.75, 3.05) is 0 Å². The first-order chi connectivity index (χ1) is 11.8. The summed E-state index contributed by atoms with van der Waals surface area (Å²) >= 11 is 0. The van der Waals surface area contributed by atoms with Crippen LogP contribution in [0.15, 0.2) is 63.4 Å². The molecule has 0 saturated heterocycles. The molecular weight excluding hydrogens is 308 g/mol. The van der Waals surface area contributed by atoms with E-state index >= 15 is 0 Å². The summed E-state index contributed by atoms with van der Waals surface area (Å²) in [6.45, 7) is -0.0363. The molecule has 0 aliphatic rings. The number of rotatable bonds is 4. The highest BCUT2D eigenvalue weighted by atomic mass is 16.5. The van der Waals surface area contributed by atoms with Gasteiger partial charge in [-0.15, -0.1) is 0 Å². The first-order valence-electron chi connectivity index (χ1n) is 7.33. The monoisotopic (exact) mass is 320 g/mol. The molecule has 0 amide bonds. The molecule has 118 valence electrons. The van der Waals surface area contributed by atoms with Gasteiger partial charge in [-0.2, -0.15) is 0 Å². The van der Waals surface area contributed by atoms with Gasteiger partial charge in [0.05, 0.1) is 0 Å². The van der Waals surface area contributed by atoms with E-state index in [-0.39, 0.29) is 6.61 Å². The van der Waals surface area contributed by atoms with Crippen LogP contribution in [-0.4, -0.2) is 15.9 Å². The van der Waals surface area contributed by atoms with Crippen molar-refractivity contribution in [3.05, 3.63) is 66.4 Å². The summed E-state index contributed by atoms with van der Waals surface area (Å²) in [5.74, 6) is 0.161. The molecule has 2 aromatic heterocycles. The van der Waals surface area contributed by atoms with Crippen molar-refractivity contribution >= 4 is 34.2 Å². The number of para-hydroxylation sites is 4. The zero-order valence-electron chi connectivity index (χ0n) is 12.5. The third-order valence-electron chi connectivity index (χ3n) is 3.35.